The summed E-state index contributed by atoms with van der Waals surface area (Å²) in [5.41, 5.74) is 2.01. The molecule has 178 valence electrons. The van der Waals surface area contributed by atoms with Gasteiger partial charge in [0.25, 0.3) is 0 Å². The van der Waals surface area contributed by atoms with E-state index in [1.807, 2.05) is 60.7 Å². The quantitative estimate of drug-likeness (QED) is 0.109. The van der Waals surface area contributed by atoms with Crippen LogP contribution in [0.2, 0.25) is 0 Å². The second-order valence-corrected chi connectivity index (χ2v) is 14.8. The molecule has 0 saturated carbocycles. The van der Waals surface area contributed by atoms with Crippen LogP contribution in [0.15, 0.2) is 60.7 Å². The molecule has 4 unspecified atom stereocenters. The zero-order valence-corrected chi connectivity index (χ0v) is 27.5. The summed E-state index contributed by atoms with van der Waals surface area (Å²) in [7, 11) is -8.65. The number of benzene rings is 2. The van der Waals surface area contributed by atoms with Crippen molar-refractivity contribution in [3.63, 3.8) is 0 Å². The van der Waals surface area contributed by atoms with Gasteiger partial charge in [0.05, 0.1) is 9.98 Å². The van der Waals surface area contributed by atoms with Crippen LogP contribution in [0.1, 0.15) is 36.8 Å². The Labute approximate surface area is 252 Å². The molecule has 0 radical (unpaired) electrons. The molecule has 4 atom stereocenters. The maximum atomic E-state index is 11.6. The maximum Gasteiger partial charge on any atom is 1.00 e. The van der Waals surface area contributed by atoms with Crippen molar-refractivity contribution in [1.29, 1.82) is 0 Å². The van der Waals surface area contributed by atoms with Gasteiger partial charge < -0.3 is 9.11 Å². The molecular weight excluding hydrogens is 532 g/mol. The van der Waals surface area contributed by atoms with Gasteiger partial charge in [0.2, 0.25) is 0 Å². The van der Waals surface area contributed by atoms with Gasteiger partial charge in [-0.3, -0.25) is 0 Å². The zero-order chi connectivity index (χ0) is 23.5. The first-order valence-corrected chi connectivity index (χ1v) is 16.1. The normalized spacial score (nSPS) is 14.1. The Hall–Kier alpha value is 1.12. The monoisotopic (exact) mass is 562 g/mol. The predicted octanol–water partition coefficient (Wildman–Crippen LogP) is -1.86. The van der Waals surface area contributed by atoms with Gasteiger partial charge in [-0.05, 0) is 62.0 Å². The van der Waals surface area contributed by atoms with E-state index in [0.717, 1.165) is 11.1 Å². The van der Waals surface area contributed by atoms with Crippen molar-refractivity contribution in [2.45, 2.75) is 48.5 Å². The molecular formula is C22H30Na2O6P2S2. The zero-order valence-electron chi connectivity index (χ0n) is 19.9. The molecule has 2 rings (SSSR count). The molecule has 0 saturated heterocycles. The van der Waals surface area contributed by atoms with Crippen LogP contribution in [0.4, 0.5) is 0 Å². The average Bonchev–Trinajstić information content (AvgIpc) is 2.74. The SMILES string of the molecule is O=S(=O)([O-])C(CCc1ccccc1)PCCCCPC(CCc1ccccc1)S(=O)(=O)[O-].[Na+].[Na+]. The molecule has 0 aliphatic rings. The van der Waals surface area contributed by atoms with Crippen molar-refractivity contribution < 1.29 is 85.1 Å². The first-order chi connectivity index (χ1) is 15.2. The third-order valence-electron chi connectivity index (χ3n) is 5.12. The number of hydrogen-bond acceptors (Lipinski definition) is 6. The first kappa shape index (κ1) is 35.1. The van der Waals surface area contributed by atoms with Crippen LogP contribution in [0, 0.1) is 0 Å². The van der Waals surface area contributed by atoms with E-state index >= 15 is 0 Å². The second kappa shape index (κ2) is 18.4. The molecule has 0 fully saturated rings. The van der Waals surface area contributed by atoms with Crippen molar-refractivity contribution >= 4 is 37.4 Å². The van der Waals surface area contributed by atoms with Crippen LogP contribution < -0.4 is 59.1 Å². The fraction of sp³-hybridized carbons (Fsp3) is 0.455. The summed E-state index contributed by atoms with van der Waals surface area (Å²) in [4.78, 5) is -1.77. The minimum atomic E-state index is -4.35. The molecule has 0 aromatic heterocycles. The van der Waals surface area contributed by atoms with Crippen LogP contribution in [0.5, 0.6) is 0 Å². The van der Waals surface area contributed by atoms with Gasteiger partial charge in [-0.15, -0.1) is 17.2 Å². The summed E-state index contributed by atoms with van der Waals surface area (Å²) < 4.78 is 69.7. The molecule has 0 aliphatic heterocycles. The number of unbranched alkanes of at least 4 members (excludes halogenated alkanes) is 1. The Morgan fingerprint density at radius 3 is 1.24 bits per heavy atom. The summed E-state index contributed by atoms with van der Waals surface area (Å²) in [5, 5.41) is 0. The fourth-order valence-corrected chi connectivity index (χ4v) is 8.76. The van der Waals surface area contributed by atoms with E-state index in [-0.39, 0.29) is 76.3 Å². The Morgan fingerprint density at radius 2 is 0.941 bits per heavy atom. The smallest absolute Gasteiger partial charge is 0.747 e. The molecule has 0 amide bonds. The Kier molecular flexibility index (Phi) is 19.0. The molecule has 0 spiro atoms. The van der Waals surface area contributed by atoms with Gasteiger partial charge >= 0.3 is 59.1 Å². The van der Waals surface area contributed by atoms with Gasteiger partial charge in [-0.25, -0.2) is 16.8 Å². The maximum absolute atomic E-state index is 11.6. The van der Waals surface area contributed by atoms with E-state index in [4.69, 9.17) is 0 Å². The van der Waals surface area contributed by atoms with E-state index in [9.17, 15) is 25.9 Å². The van der Waals surface area contributed by atoms with Crippen molar-refractivity contribution in [3.05, 3.63) is 71.8 Å². The van der Waals surface area contributed by atoms with Crippen molar-refractivity contribution in [3.8, 4) is 0 Å². The standard InChI is InChI=1S/C22H32O6P2S2.2Na/c23-31(24,25)21(15-13-19-9-3-1-4-10-19)29-17-7-8-18-30-22(32(26,27)28)16-14-20-11-5-2-6-12-20;;/h1-6,9-12,21-22,29-30H,7-8,13-18H2,(H,23,24,25)(H,26,27,28);;/q;2*+1/p-2. The largest absolute Gasteiger partial charge is 1.00 e. The molecule has 0 aliphatic carbocycles. The summed E-state index contributed by atoms with van der Waals surface area (Å²) in [6.07, 6.45) is 4.38. The van der Waals surface area contributed by atoms with E-state index in [0.29, 0.717) is 50.8 Å². The summed E-state index contributed by atoms with van der Waals surface area (Å²) in [6, 6.07) is 19.0. The number of aryl methyl sites for hydroxylation is 2. The number of rotatable bonds is 15. The first-order valence-electron chi connectivity index (χ1n) is 10.6. The molecule has 2 aromatic carbocycles. The third kappa shape index (κ3) is 14.8. The van der Waals surface area contributed by atoms with E-state index in [1.54, 1.807) is 0 Å². The average molecular weight is 563 g/mol. The van der Waals surface area contributed by atoms with Gasteiger partial charge in [0.1, 0.15) is 20.2 Å². The van der Waals surface area contributed by atoms with Crippen LogP contribution in [0.25, 0.3) is 0 Å². The molecule has 0 N–H and O–H groups in total. The van der Waals surface area contributed by atoms with E-state index in [2.05, 4.69) is 0 Å². The third-order valence-corrected chi connectivity index (χ3v) is 12.5. The fourth-order valence-electron chi connectivity index (χ4n) is 3.36. The molecule has 6 nitrogen and oxygen atoms in total. The second-order valence-electron chi connectivity index (χ2n) is 7.63. The summed E-state index contributed by atoms with van der Waals surface area (Å²) in [6.45, 7) is 0. The predicted molar refractivity (Wildman–Crippen MR) is 132 cm³/mol. The van der Waals surface area contributed by atoms with Gasteiger partial charge in [0, 0.05) is 0 Å². The van der Waals surface area contributed by atoms with Crippen LogP contribution >= 0.6 is 17.2 Å². The van der Waals surface area contributed by atoms with E-state index in [1.165, 1.54) is 0 Å². The van der Waals surface area contributed by atoms with Gasteiger partial charge in [-0.1, -0.05) is 60.7 Å². The molecule has 34 heavy (non-hydrogen) atoms. The topological polar surface area (TPSA) is 114 Å². The molecule has 2 aromatic rings. The van der Waals surface area contributed by atoms with Crippen LogP contribution in [0.3, 0.4) is 0 Å². The summed E-state index contributed by atoms with van der Waals surface area (Å²) in [5.74, 6) is 0. The van der Waals surface area contributed by atoms with E-state index < -0.39 is 30.2 Å². The Morgan fingerprint density at radius 1 is 0.618 bits per heavy atom. The number of hydrogen-bond donors (Lipinski definition) is 0. The van der Waals surface area contributed by atoms with Crippen LogP contribution in [-0.2, 0) is 33.1 Å². The van der Waals surface area contributed by atoms with Crippen molar-refractivity contribution in [2.75, 3.05) is 12.3 Å². The molecule has 0 bridgehead atoms. The summed E-state index contributed by atoms with van der Waals surface area (Å²) >= 11 is 0. The van der Waals surface area contributed by atoms with Gasteiger partial charge in [0.15, 0.2) is 0 Å². The van der Waals surface area contributed by atoms with Crippen LogP contribution in [-0.4, -0.2) is 48.2 Å². The van der Waals surface area contributed by atoms with Gasteiger partial charge in [-0.2, -0.15) is 0 Å². The minimum absolute atomic E-state index is 0. The minimum Gasteiger partial charge on any atom is -0.747 e. The van der Waals surface area contributed by atoms with Crippen molar-refractivity contribution in [2.24, 2.45) is 0 Å². The van der Waals surface area contributed by atoms with Crippen molar-refractivity contribution in [1.82, 2.24) is 0 Å². The molecule has 0 heterocycles. The Balaban J connectivity index is 0.00000544. The molecule has 12 heteroatoms. The Bertz CT molecular complexity index is 927.